The minimum Gasteiger partial charge on any atom is -0.467 e. The van der Waals surface area contributed by atoms with Gasteiger partial charge in [-0.25, -0.2) is 18.4 Å². The van der Waals surface area contributed by atoms with E-state index in [0.29, 0.717) is 0 Å². The van der Waals surface area contributed by atoms with Crippen LogP contribution >= 0.6 is 0 Å². The summed E-state index contributed by atoms with van der Waals surface area (Å²) in [6.07, 6.45) is -1.29. The van der Waals surface area contributed by atoms with Crippen molar-refractivity contribution in [1.29, 1.82) is 0 Å². The molecule has 0 bridgehead atoms. The third-order valence-electron chi connectivity index (χ3n) is 3.46. The molecule has 1 N–H and O–H groups in total. The molecule has 0 saturated heterocycles. The van der Waals surface area contributed by atoms with Gasteiger partial charge in [-0.2, -0.15) is 0 Å². The van der Waals surface area contributed by atoms with E-state index in [0.717, 1.165) is 24.8 Å². The van der Waals surface area contributed by atoms with E-state index >= 15 is 0 Å². The van der Waals surface area contributed by atoms with Crippen molar-refractivity contribution < 1.29 is 27.8 Å². The number of carbonyl (C=O) groups excluding carboxylic acids is 2. The maximum atomic E-state index is 13.7. The average Bonchev–Trinajstić information content (AvgIpc) is 2.62. The number of carbonyl (C=O) groups is 2. The first-order chi connectivity index (χ1) is 12.0. The number of esters is 1. The SMILES string of the molecule is COC(=O)C(Cc1c(F)cccc1F)NC(=O)OCc1ccccc1. The number of nitrogens with one attached hydrogen (secondary N) is 1. The first-order valence-corrected chi connectivity index (χ1v) is 7.49. The van der Waals surface area contributed by atoms with Gasteiger partial charge >= 0.3 is 12.1 Å². The number of alkyl carbamates (subject to hydrolysis) is 1. The average molecular weight is 349 g/mol. The van der Waals surface area contributed by atoms with E-state index in [2.05, 4.69) is 10.1 Å². The van der Waals surface area contributed by atoms with E-state index < -0.39 is 36.2 Å². The van der Waals surface area contributed by atoms with Gasteiger partial charge < -0.3 is 14.8 Å². The van der Waals surface area contributed by atoms with Gasteiger partial charge in [-0.3, -0.25) is 0 Å². The molecule has 0 fully saturated rings. The summed E-state index contributed by atoms with van der Waals surface area (Å²) in [4.78, 5) is 23.7. The van der Waals surface area contributed by atoms with Gasteiger partial charge in [-0.05, 0) is 17.7 Å². The quantitative estimate of drug-likeness (QED) is 0.815. The molecule has 0 aliphatic rings. The molecule has 25 heavy (non-hydrogen) atoms. The zero-order valence-corrected chi connectivity index (χ0v) is 13.5. The molecule has 0 heterocycles. The molecule has 1 amide bonds. The Morgan fingerprint density at radius 2 is 1.68 bits per heavy atom. The number of methoxy groups -OCH3 is 1. The predicted molar refractivity (Wildman–Crippen MR) is 85.6 cm³/mol. The fourth-order valence-electron chi connectivity index (χ4n) is 2.17. The molecule has 7 heteroatoms. The molecule has 0 spiro atoms. The maximum absolute atomic E-state index is 13.7. The lowest BCUT2D eigenvalue weighted by Crippen LogP contribution is -2.43. The largest absolute Gasteiger partial charge is 0.467 e. The summed E-state index contributed by atoms with van der Waals surface area (Å²) in [6, 6.07) is 11.0. The van der Waals surface area contributed by atoms with Gasteiger partial charge in [0.05, 0.1) is 7.11 Å². The Bertz CT molecular complexity index is 717. The Hall–Kier alpha value is -2.96. The number of benzene rings is 2. The Morgan fingerprint density at radius 3 is 2.28 bits per heavy atom. The second-order valence-electron chi connectivity index (χ2n) is 5.19. The van der Waals surface area contributed by atoms with Crippen LogP contribution in [0.2, 0.25) is 0 Å². The number of halogens is 2. The molecular weight excluding hydrogens is 332 g/mol. The summed E-state index contributed by atoms with van der Waals surface area (Å²) in [6.45, 7) is -0.00533. The third kappa shape index (κ3) is 5.27. The van der Waals surface area contributed by atoms with E-state index in [1.165, 1.54) is 6.07 Å². The molecule has 0 saturated carbocycles. The van der Waals surface area contributed by atoms with Gasteiger partial charge in [0, 0.05) is 12.0 Å². The van der Waals surface area contributed by atoms with E-state index in [9.17, 15) is 18.4 Å². The van der Waals surface area contributed by atoms with Crippen LogP contribution in [0.15, 0.2) is 48.5 Å². The van der Waals surface area contributed by atoms with Crippen molar-refractivity contribution >= 4 is 12.1 Å². The monoisotopic (exact) mass is 349 g/mol. The highest BCUT2D eigenvalue weighted by Crippen LogP contribution is 2.15. The summed E-state index contributed by atoms with van der Waals surface area (Å²) < 4.78 is 37.1. The maximum Gasteiger partial charge on any atom is 0.408 e. The molecular formula is C18H17F2NO4. The minimum absolute atomic E-state index is 0.00533. The van der Waals surface area contributed by atoms with Crippen LogP contribution in [0.25, 0.3) is 0 Å². The van der Waals surface area contributed by atoms with Crippen LogP contribution in [0.3, 0.4) is 0 Å². The van der Waals surface area contributed by atoms with E-state index in [-0.39, 0.29) is 12.2 Å². The van der Waals surface area contributed by atoms with E-state index in [1.54, 1.807) is 24.3 Å². The lowest BCUT2D eigenvalue weighted by atomic mass is 10.0. The van der Waals surface area contributed by atoms with Crippen LogP contribution in [-0.4, -0.2) is 25.2 Å². The van der Waals surface area contributed by atoms with E-state index in [1.807, 2.05) is 6.07 Å². The van der Waals surface area contributed by atoms with E-state index in [4.69, 9.17) is 4.74 Å². The molecule has 0 aliphatic carbocycles. The number of ether oxygens (including phenoxy) is 2. The van der Waals surface area contributed by atoms with Crippen LogP contribution in [0.4, 0.5) is 13.6 Å². The van der Waals surface area contributed by atoms with Crippen LogP contribution in [0, 0.1) is 11.6 Å². The summed E-state index contributed by atoms with van der Waals surface area (Å²) in [5.41, 5.74) is 0.439. The van der Waals surface area contributed by atoms with Gasteiger partial charge in [-0.1, -0.05) is 36.4 Å². The van der Waals surface area contributed by atoms with Crippen molar-refractivity contribution in [2.75, 3.05) is 7.11 Å². The zero-order chi connectivity index (χ0) is 18.2. The van der Waals surface area contributed by atoms with Gasteiger partial charge in [0.1, 0.15) is 24.3 Å². The summed E-state index contributed by atoms with van der Waals surface area (Å²) in [5, 5.41) is 2.27. The van der Waals surface area contributed by atoms with Crippen molar-refractivity contribution in [2.45, 2.75) is 19.1 Å². The number of amides is 1. The van der Waals surface area contributed by atoms with Crippen LogP contribution < -0.4 is 5.32 Å². The third-order valence-corrected chi connectivity index (χ3v) is 3.46. The summed E-state index contributed by atoms with van der Waals surface area (Å²) in [7, 11) is 1.12. The second-order valence-corrected chi connectivity index (χ2v) is 5.19. The molecule has 5 nitrogen and oxygen atoms in total. The van der Waals surface area contributed by atoms with Crippen molar-refractivity contribution in [3.05, 3.63) is 71.3 Å². The van der Waals surface area contributed by atoms with Crippen LogP contribution in [0.5, 0.6) is 0 Å². The second kappa shape index (κ2) is 8.77. The Labute approximate surface area is 143 Å². The Balaban J connectivity index is 2.02. The molecule has 2 rings (SSSR count). The molecule has 1 unspecified atom stereocenters. The molecule has 2 aromatic carbocycles. The van der Waals surface area contributed by atoms with Gasteiger partial charge in [0.2, 0.25) is 0 Å². The van der Waals surface area contributed by atoms with Crippen molar-refractivity contribution in [1.82, 2.24) is 5.32 Å². The van der Waals surface area contributed by atoms with Crippen LogP contribution in [0.1, 0.15) is 11.1 Å². The van der Waals surface area contributed by atoms with Crippen molar-refractivity contribution in [3.63, 3.8) is 0 Å². The lowest BCUT2D eigenvalue weighted by molar-refractivity contribution is -0.143. The lowest BCUT2D eigenvalue weighted by Gasteiger charge is -2.17. The summed E-state index contributed by atoms with van der Waals surface area (Å²) >= 11 is 0. The topological polar surface area (TPSA) is 64.6 Å². The highest BCUT2D eigenvalue weighted by molar-refractivity contribution is 5.81. The molecule has 0 aromatic heterocycles. The van der Waals surface area contributed by atoms with Crippen molar-refractivity contribution in [3.8, 4) is 0 Å². The molecule has 2 aromatic rings. The summed E-state index contributed by atoms with van der Waals surface area (Å²) in [5.74, 6) is -2.46. The molecule has 132 valence electrons. The Morgan fingerprint density at radius 1 is 1.04 bits per heavy atom. The van der Waals surface area contributed by atoms with Crippen molar-refractivity contribution in [2.24, 2.45) is 0 Å². The van der Waals surface area contributed by atoms with Crippen LogP contribution in [-0.2, 0) is 27.3 Å². The smallest absolute Gasteiger partial charge is 0.408 e. The standard InChI is InChI=1S/C18H17F2NO4/c1-24-17(22)16(10-13-14(19)8-5-9-15(13)20)21-18(23)25-11-12-6-3-2-4-7-12/h2-9,16H,10-11H2,1H3,(H,21,23). The fraction of sp³-hybridized carbons (Fsp3) is 0.222. The Kier molecular flexibility index (Phi) is 6.45. The van der Waals surface area contributed by atoms with Gasteiger partial charge in [0.15, 0.2) is 0 Å². The number of hydrogen-bond donors (Lipinski definition) is 1. The minimum atomic E-state index is -1.28. The zero-order valence-electron chi connectivity index (χ0n) is 13.5. The molecule has 0 aliphatic heterocycles. The first kappa shape index (κ1) is 18.4. The predicted octanol–water partition coefficient (Wildman–Crippen LogP) is 2.98. The molecule has 1 atom stereocenters. The van der Waals surface area contributed by atoms with Gasteiger partial charge in [-0.15, -0.1) is 0 Å². The molecule has 0 radical (unpaired) electrons. The fourth-order valence-corrected chi connectivity index (χ4v) is 2.17. The highest BCUT2D eigenvalue weighted by atomic mass is 19.1. The number of hydrogen-bond acceptors (Lipinski definition) is 4. The van der Waals surface area contributed by atoms with Gasteiger partial charge in [0.25, 0.3) is 0 Å². The first-order valence-electron chi connectivity index (χ1n) is 7.49. The number of rotatable bonds is 6. The highest BCUT2D eigenvalue weighted by Gasteiger charge is 2.25. The normalized spacial score (nSPS) is 11.5.